The number of hydrogen-bond donors (Lipinski definition) is 1. The Kier molecular flexibility index (Phi) is 2.67. The van der Waals surface area contributed by atoms with E-state index >= 15 is 0 Å². The van der Waals surface area contributed by atoms with Crippen LogP contribution in [0.2, 0.25) is 0 Å². The van der Waals surface area contributed by atoms with Crippen LogP contribution in [0.5, 0.6) is 5.75 Å². The Balaban J connectivity index is 2.03. The first-order valence-corrected chi connectivity index (χ1v) is 6.18. The van der Waals surface area contributed by atoms with Gasteiger partial charge in [-0.3, -0.25) is 0 Å². The molecule has 0 spiro atoms. The first-order valence-electron chi connectivity index (χ1n) is 6.18. The van der Waals surface area contributed by atoms with E-state index in [1.807, 2.05) is 6.20 Å². The number of nitrogens with zero attached hydrogens (tertiary/aromatic N) is 1. The Bertz CT molecular complexity index is 593. The van der Waals surface area contributed by atoms with Crippen molar-refractivity contribution >= 4 is 5.82 Å². The largest absolute Gasteiger partial charge is 0.488 e. The third-order valence-electron chi connectivity index (χ3n) is 3.35. The van der Waals surface area contributed by atoms with Crippen LogP contribution in [0.3, 0.4) is 0 Å². The van der Waals surface area contributed by atoms with Crippen molar-refractivity contribution < 1.29 is 4.74 Å². The smallest absolute Gasteiger partial charge is 0.168 e. The number of pyridine rings is 1. The highest BCUT2D eigenvalue weighted by Crippen LogP contribution is 2.30. The van der Waals surface area contributed by atoms with E-state index in [1.165, 1.54) is 16.7 Å². The number of fused-ring (bicyclic) bond motifs is 1. The molecule has 1 aliphatic rings. The van der Waals surface area contributed by atoms with Crippen LogP contribution in [0.1, 0.15) is 11.1 Å². The third kappa shape index (κ3) is 1.92. The zero-order chi connectivity index (χ0) is 12.5. The summed E-state index contributed by atoms with van der Waals surface area (Å²) in [7, 11) is 0. The fourth-order valence-electron chi connectivity index (χ4n) is 2.10. The minimum atomic E-state index is 0.699. The van der Waals surface area contributed by atoms with Gasteiger partial charge in [-0.25, -0.2) is 4.98 Å². The highest BCUT2D eigenvalue weighted by atomic mass is 16.5. The van der Waals surface area contributed by atoms with Gasteiger partial charge < -0.3 is 10.1 Å². The van der Waals surface area contributed by atoms with E-state index in [0.29, 0.717) is 6.61 Å². The van der Waals surface area contributed by atoms with Crippen LogP contribution in [0.15, 0.2) is 30.5 Å². The molecule has 3 rings (SSSR count). The highest BCUT2D eigenvalue weighted by molar-refractivity contribution is 5.69. The van der Waals surface area contributed by atoms with Crippen LogP contribution in [-0.2, 0) is 0 Å². The summed E-state index contributed by atoms with van der Waals surface area (Å²) >= 11 is 0. The quantitative estimate of drug-likeness (QED) is 0.831. The molecule has 3 heteroatoms. The SMILES string of the molecule is Cc1ccc(-c2cnc3c(c2)OCCN3)cc1C. The monoisotopic (exact) mass is 240 g/mol. The predicted molar refractivity (Wildman–Crippen MR) is 73.1 cm³/mol. The second-order valence-corrected chi connectivity index (χ2v) is 4.65. The summed E-state index contributed by atoms with van der Waals surface area (Å²) in [5, 5.41) is 3.23. The Labute approximate surface area is 107 Å². The molecule has 0 unspecified atom stereocenters. The topological polar surface area (TPSA) is 34.1 Å². The summed E-state index contributed by atoms with van der Waals surface area (Å²) in [5.41, 5.74) is 4.88. The van der Waals surface area contributed by atoms with Gasteiger partial charge in [-0.1, -0.05) is 18.2 Å². The molecular formula is C15H16N2O. The molecule has 0 aliphatic carbocycles. The van der Waals surface area contributed by atoms with Crippen molar-refractivity contribution in [3.63, 3.8) is 0 Å². The van der Waals surface area contributed by atoms with Gasteiger partial charge in [0.2, 0.25) is 0 Å². The van der Waals surface area contributed by atoms with Gasteiger partial charge in [0.05, 0.1) is 6.54 Å². The maximum atomic E-state index is 5.61. The third-order valence-corrected chi connectivity index (χ3v) is 3.35. The van der Waals surface area contributed by atoms with E-state index in [1.54, 1.807) is 0 Å². The number of nitrogens with one attached hydrogen (secondary N) is 1. The van der Waals surface area contributed by atoms with Gasteiger partial charge in [-0.2, -0.15) is 0 Å². The molecule has 0 saturated heterocycles. The molecule has 92 valence electrons. The maximum absolute atomic E-state index is 5.61. The summed E-state index contributed by atoms with van der Waals surface area (Å²) in [6.07, 6.45) is 1.89. The molecule has 18 heavy (non-hydrogen) atoms. The molecule has 2 heterocycles. The van der Waals surface area contributed by atoms with E-state index in [0.717, 1.165) is 23.7 Å². The fourth-order valence-corrected chi connectivity index (χ4v) is 2.10. The molecule has 0 radical (unpaired) electrons. The van der Waals surface area contributed by atoms with Crippen LogP contribution < -0.4 is 10.1 Å². The van der Waals surface area contributed by atoms with Gasteiger partial charge >= 0.3 is 0 Å². The second kappa shape index (κ2) is 4.33. The fraction of sp³-hybridized carbons (Fsp3) is 0.267. The number of anilines is 1. The van der Waals surface area contributed by atoms with Crippen LogP contribution in [0.25, 0.3) is 11.1 Å². The van der Waals surface area contributed by atoms with Gasteiger partial charge in [0.1, 0.15) is 6.61 Å². The van der Waals surface area contributed by atoms with Gasteiger partial charge in [0, 0.05) is 11.8 Å². The summed E-state index contributed by atoms with van der Waals surface area (Å²) < 4.78 is 5.61. The second-order valence-electron chi connectivity index (χ2n) is 4.65. The standard InChI is InChI=1S/C15H16N2O/c1-10-3-4-12(7-11(10)2)13-8-14-15(17-9-13)16-5-6-18-14/h3-4,7-9H,5-6H2,1-2H3,(H,16,17). The van der Waals surface area contributed by atoms with E-state index in [2.05, 4.69) is 48.4 Å². The number of rotatable bonds is 1. The first kappa shape index (κ1) is 11.1. The zero-order valence-corrected chi connectivity index (χ0v) is 10.7. The zero-order valence-electron chi connectivity index (χ0n) is 10.7. The molecule has 0 amide bonds. The van der Waals surface area contributed by atoms with Gasteiger partial charge in [0.15, 0.2) is 11.6 Å². The number of ether oxygens (including phenoxy) is 1. The van der Waals surface area contributed by atoms with Crippen molar-refractivity contribution in [2.45, 2.75) is 13.8 Å². The van der Waals surface area contributed by atoms with Crippen molar-refractivity contribution in [1.29, 1.82) is 0 Å². The van der Waals surface area contributed by atoms with Crippen LogP contribution in [-0.4, -0.2) is 18.1 Å². The predicted octanol–water partition coefficient (Wildman–Crippen LogP) is 3.17. The van der Waals surface area contributed by atoms with Crippen molar-refractivity contribution in [3.05, 3.63) is 41.6 Å². The minimum absolute atomic E-state index is 0.699. The van der Waals surface area contributed by atoms with E-state index in [-0.39, 0.29) is 0 Å². The Hall–Kier alpha value is -2.03. The average molecular weight is 240 g/mol. The normalized spacial score (nSPS) is 13.4. The van der Waals surface area contributed by atoms with Crippen LogP contribution >= 0.6 is 0 Å². The first-order chi connectivity index (χ1) is 8.74. The molecule has 1 aliphatic heterocycles. The molecular weight excluding hydrogens is 224 g/mol. The lowest BCUT2D eigenvalue weighted by molar-refractivity contribution is 0.321. The van der Waals surface area contributed by atoms with Crippen molar-refractivity contribution in [3.8, 4) is 16.9 Å². The summed E-state index contributed by atoms with van der Waals surface area (Å²) in [6, 6.07) is 8.51. The summed E-state index contributed by atoms with van der Waals surface area (Å²) in [4.78, 5) is 4.41. The minimum Gasteiger partial charge on any atom is -0.488 e. The number of aromatic nitrogens is 1. The molecule has 1 aromatic carbocycles. The summed E-state index contributed by atoms with van der Waals surface area (Å²) in [6.45, 7) is 5.77. The Morgan fingerprint density at radius 2 is 2.00 bits per heavy atom. The molecule has 0 saturated carbocycles. The van der Waals surface area contributed by atoms with Crippen LogP contribution in [0.4, 0.5) is 5.82 Å². The van der Waals surface area contributed by atoms with E-state index in [4.69, 9.17) is 4.74 Å². The molecule has 1 aromatic heterocycles. The van der Waals surface area contributed by atoms with E-state index < -0.39 is 0 Å². The Morgan fingerprint density at radius 1 is 1.11 bits per heavy atom. The molecule has 0 atom stereocenters. The van der Waals surface area contributed by atoms with Crippen molar-refractivity contribution in [1.82, 2.24) is 4.98 Å². The maximum Gasteiger partial charge on any atom is 0.168 e. The lowest BCUT2D eigenvalue weighted by atomic mass is 10.0. The van der Waals surface area contributed by atoms with Gasteiger partial charge in [-0.05, 0) is 36.6 Å². The van der Waals surface area contributed by atoms with Crippen molar-refractivity contribution in [2.75, 3.05) is 18.5 Å². The number of aryl methyl sites for hydroxylation is 2. The number of benzene rings is 1. The molecule has 2 aromatic rings. The van der Waals surface area contributed by atoms with E-state index in [9.17, 15) is 0 Å². The molecule has 3 nitrogen and oxygen atoms in total. The van der Waals surface area contributed by atoms with Gasteiger partial charge in [-0.15, -0.1) is 0 Å². The van der Waals surface area contributed by atoms with Crippen molar-refractivity contribution in [2.24, 2.45) is 0 Å². The molecule has 0 fully saturated rings. The lowest BCUT2D eigenvalue weighted by Gasteiger charge is -2.18. The lowest BCUT2D eigenvalue weighted by Crippen LogP contribution is -2.18. The summed E-state index contributed by atoms with van der Waals surface area (Å²) in [5.74, 6) is 1.69. The average Bonchev–Trinajstić information content (AvgIpc) is 2.41. The highest BCUT2D eigenvalue weighted by Gasteiger charge is 2.12. The Morgan fingerprint density at radius 3 is 2.83 bits per heavy atom. The molecule has 1 N–H and O–H groups in total. The van der Waals surface area contributed by atoms with Gasteiger partial charge in [0.25, 0.3) is 0 Å². The molecule has 0 bridgehead atoms. The number of hydrogen-bond acceptors (Lipinski definition) is 3. The van der Waals surface area contributed by atoms with Crippen LogP contribution in [0, 0.1) is 13.8 Å².